The highest BCUT2D eigenvalue weighted by Crippen LogP contribution is 2.67. The third-order valence-electron chi connectivity index (χ3n) is 9.20. The van der Waals surface area contributed by atoms with Gasteiger partial charge in [0.05, 0.1) is 18.3 Å². The summed E-state index contributed by atoms with van der Waals surface area (Å²) in [5, 5.41) is 32.0. The molecule has 0 aliphatic heterocycles. The summed E-state index contributed by atoms with van der Waals surface area (Å²) in [7, 11) is 0. The van der Waals surface area contributed by atoms with Crippen molar-refractivity contribution in [2.24, 2.45) is 40.4 Å². The van der Waals surface area contributed by atoms with Crippen LogP contribution in [-0.4, -0.2) is 33.6 Å². The first-order valence-corrected chi connectivity index (χ1v) is 9.83. The molecule has 0 heterocycles. The molecule has 4 rings (SSSR count). The molecule has 0 bridgehead atoms. The lowest BCUT2D eigenvalue weighted by Gasteiger charge is -2.63. The van der Waals surface area contributed by atoms with Crippen molar-refractivity contribution in [2.75, 3.05) is 0 Å². The Kier molecular flexibility index (Phi) is 3.69. The van der Waals surface area contributed by atoms with Gasteiger partial charge < -0.3 is 15.3 Å². The Morgan fingerprint density at radius 2 is 1.39 bits per heavy atom. The van der Waals surface area contributed by atoms with Crippen LogP contribution in [0.1, 0.15) is 65.7 Å². The van der Waals surface area contributed by atoms with Gasteiger partial charge in [-0.1, -0.05) is 20.8 Å². The lowest BCUT2D eigenvalue weighted by Crippen LogP contribution is -2.64. The van der Waals surface area contributed by atoms with E-state index in [2.05, 4.69) is 20.8 Å². The van der Waals surface area contributed by atoms with Gasteiger partial charge in [-0.25, -0.2) is 0 Å². The normalized spacial score (nSPS) is 62.3. The molecule has 0 aromatic rings. The summed E-state index contributed by atoms with van der Waals surface area (Å²) in [5.74, 6) is 2.12. The number of aliphatic hydroxyl groups is 3. The Morgan fingerprint density at radius 3 is 2.13 bits per heavy atom. The van der Waals surface area contributed by atoms with Gasteiger partial charge in [0, 0.05) is 0 Å². The number of rotatable bonds is 0. The fourth-order valence-electron chi connectivity index (χ4n) is 7.50. The van der Waals surface area contributed by atoms with E-state index in [-0.39, 0.29) is 23.4 Å². The molecule has 23 heavy (non-hydrogen) atoms. The van der Waals surface area contributed by atoms with Crippen LogP contribution in [0.4, 0.5) is 0 Å². The van der Waals surface area contributed by atoms with Gasteiger partial charge in [-0.3, -0.25) is 0 Å². The van der Waals surface area contributed by atoms with E-state index in [4.69, 9.17) is 0 Å². The van der Waals surface area contributed by atoms with Crippen LogP contribution in [0.25, 0.3) is 0 Å². The van der Waals surface area contributed by atoms with Crippen LogP contribution in [-0.2, 0) is 0 Å². The maximum absolute atomic E-state index is 11.0. The van der Waals surface area contributed by atoms with Crippen LogP contribution in [0.2, 0.25) is 0 Å². The number of hydrogen-bond acceptors (Lipinski definition) is 3. The second kappa shape index (κ2) is 5.19. The van der Waals surface area contributed by atoms with E-state index in [1.54, 1.807) is 0 Å². The first kappa shape index (κ1) is 16.4. The lowest BCUT2D eigenvalue weighted by molar-refractivity contribution is -0.222. The van der Waals surface area contributed by atoms with E-state index >= 15 is 0 Å². The molecule has 3 heteroatoms. The molecule has 0 aromatic heterocycles. The maximum Gasteiger partial charge on any atom is 0.0836 e. The summed E-state index contributed by atoms with van der Waals surface area (Å²) >= 11 is 0. The number of fused-ring (bicyclic) bond motifs is 5. The van der Waals surface area contributed by atoms with Gasteiger partial charge in [0.15, 0.2) is 0 Å². The molecule has 4 saturated carbocycles. The van der Waals surface area contributed by atoms with Gasteiger partial charge >= 0.3 is 0 Å². The first-order chi connectivity index (χ1) is 10.8. The summed E-state index contributed by atoms with van der Waals surface area (Å²) in [5.41, 5.74) is 0.439. The van der Waals surface area contributed by atoms with E-state index in [1.807, 2.05) is 0 Å². The minimum atomic E-state index is -0.658. The lowest BCUT2D eigenvalue weighted by atomic mass is 9.43. The topological polar surface area (TPSA) is 60.7 Å². The van der Waals surface area contributed by atoms with Crippen LogP contribution < -0.4 is 0 Å². The summed E-state index contributed by atoms with van der Waals surface area (Å²) < 4.78 is 0. The van der Waals surface area contributed by atoms with E-state index in [0.717, 1.165) is 18.8 Å². The highest BCUT2D eigenvalue weighted by Gasteiger charge is 2.64. The average molecular weight is 322 g/mol. The molecule has 10 atom stereocenters. The fourth-order valence-corrected chi connectivity index (χ4v) is 7.50. The average Bonchev–Trinajstić information content (AvgIpc) is 2.82. The van der Waals surface area contributed by atoms with E-state index in [1.165, 1.54) is 25.7 Å². The zero-order valence-corrected chi connectivity index (χ0v) is 14.9. The molecule has 0 spiro atoms. The fraction of sp³-hybridized carbons (Fsp3) is 1.00. The van der Waals surface area contributed by atoms with Crippen LogP contribution in [0.15, 0.2) is 0 Å². The molecule has 3 N–H and O–H groups in total. The zero-order chi connectivity index (χ0) is 16.6. The Balaban J connectivity index is 1.72. The molecule has 0 aromatic carbocycles. The molecular weight excluding hydrogens is 288 g/mol. The molecule has 0 radical (unpaired) electrons. The van der Waals surface area contributed by atoms with Crippen molar-refractivity contribution in [2.45, 2.75) is 84.0 Å². The predicted octanol–water partition coefficient (Wildman–Crippen LogP) is 2.97. The molecule has 4 fully saturated rings. The van der Waals surface area contributed by atoms with Crippen LogP contribution in [0.3, 0.4) is 0 Å². The highest BCUT2D eigenvalue weighted by atomic mass is 16.3. The van der Waals surface area contributed by atoms with Gasteiger partial charge in [-0.2, -0.15) is 0 Å². The quantitative estimate of drug-likeness (QED) is 0.642. The standard InChI is InChI=1S/C20H34O3/c1-11-4-5-13-16-14(7-9-19(11,13)2)20(3)8-6-12(21)10-15(20)17(22)18(16)23/h11-18,21-23H,4-10H2,1-3H3/t11-,12-,13?,14?,15?,16?,17+,18?,19+,20+/m0/s1. The summed E-state index contributed by atoms with van der Waals surface area (Å²) in [6, 6.07) is 0. The van der Waals surface area contributed by atoms with Crippen molar-refractivity contribution >= 4 is 0 Å². The molecular formula is C20H34O3. The third kappa shape index (κ3) is 2.05. The van der Waals surface area contributed by atoms with Crippen molar-refractivity contribution in [3.63, 3.8) is 0 Å². The highest BCUT2D eigenvalue weighted by molar-refractivity contribution is 5.13. The summed E-state index contributed by atoms with van der Waals surface area (Å²) in [6.45, 7) is 7.16. The van der Waals surface area contributed by atoms with Crippen molar-refractivity contribution in [3.05, 3.63) is 0 Å². The van der Waals surface area contributed by atoms with Gasteiger partial charge in [0.1, 0.15) is 0 Å². The Hall–Kier alpha value is -0.120. The molecule has 0 saturated heterocycles. The number of aliphatic hydroxyl groups excluding tert-OH is 3. The zero-order valence-electron chi connectivity index (χ0n) is 14.9. The molecule has 4 aliphatic carbocycles. The van der Waals surface area contributed by atoms with Gasteiger partial charge in [-0.15, -0.1) is 0 Å². The molecule has 5 unspecified atom stereocenters. The molecule has 4 aliphatic rings. The Bertz CT molecular complexity index is 480. The van der Waals surface area contributed by atoms with Crippen LogP contribution >= 0.6 is 0 Å². The van der Waals surface area contributed by atoms with Gasteiger partial charge in [0.25, 0.3) is 0 Å². The Morgan fingerprint density at radius 1 is 0.739 bits per heavy atom. The smallest absolute Gasteiger partial charge is 0.0836 e. The molecule has 3 nitrogen and oxygen atoms in total. The summed E-state index contributed by atoms with van der Waals surface area (Å²) in [6.07, 6.45) is 5.91. The van der Waals surface area contributed by atoms with E-state index in [0.29, 0.717) is 23.7 Å². The predicted molar refractivity (Wildman–Crippen MR) is 89.7 cm³/mol. The second-order valence-corrected chi connectivity index (χ2v) is 9.83. The number of hydrogen-bond donors (Lipinski definition) is 3. The van der Waals surface area contributed by atoms with Crippen LogP contribution in [0, 0.1) is 40.4 Å². The SMILES string of the molecule is C[C@H]1CCC2C3C(O)[C@H](O)C4C[C@@H](O)CC[C@]4(C)C3CC[C@@]21C. The molecule has 0 amide bonds. The van der Waals surface area contributed by atoms with E-state index in [9.17, 15) is 15.3 Å². The molecule has 132 valence electrons. The van der Waals surface area contributed by atoms with Crippen molar-refractivity contribution in [1.82, 2.24) is 0 Å². The van der Waals surface area contributed by atoms with E-state index < -0.39 is 12.2 Å². The second-order valence-electron chi connectivity index (χ2n) is 9.83. The summed E-state index contributed by atoms with van der Waals surface area (Å²) in [4.78, 5) is 0. The maximum atomic E-state index is 11.0. The van der Waals surface area contributed by atoms with Crippen LogP contribution in [0.5, 0.6) is 0 Å². The van der Waals surface area contributed by atoms with Crippen molar-refractivity contribution in [3.8, 4) is 0 Å². The van der Waals surface area contributed by atoms with Crippen molar-refractivity contribution < 1.29 is 15.3 Å². The first-order valence-electron chi connectivity index (χ1n) is 9.83. The van der Waals surface area contributed by atoms with Gasteiger partial charge in [-0.05, 0) is 85.4 Å². The van der Waals surface area contributed by atoms with Gasteiger partial charge in [0.2, 0.25) is 0 Å². The largest absolute Gasteiger partial charge is 0.393 e. The Labute approximate surface area is 140 Å². The monoisotopic (exact) mass is 322 g/mol. The minimum absolute atomic E-state index is 0.0608. The van der Waals surface area contributed by atoms with Crippen molar-refractivity contribution in [1.29, 1.82) is 0 Å². The minimum Gasteiger partial charge on any atom is -0.393 e. The third-order valence-corrected chi connectivity index (χ3v) is 9.20.